The molecule has 7 heteroatoms. The van der Waals surface area contributed by atoms with E-state index < -0.39 is 28.7 Å². The molecule has 1 N–H and O–H groups in total. The predicted octanol–water partition coefficient (Wildman–Crippen LogP) is 0.477. The van der Waals surface area contributed by atoms with Crippen molar-refractivity contribution in [1.29, 1.82) is 0 Å². The molecule has 0 saturated carbocycles. The van der Waals surface area contributed by atoms with E-state index in [4.69, 9.17) is 4.55 Å². The van der Waals surface area contributed by atoms with Gasteiger partial charge in [-0.3, -0.25) is 0 Å². The highest BCUT2D eigenvalue weighted by atomic mass is 32.2. The highest BCUT2D eigenvalue weighted by Gasteiger charge is 2.05. The Hall–Kier alpha value is -0.950. The van der Waals surface area contributed by atoms with Crippen LogP contribution in [-0.2, 0) is 16.8 Å². The zero-order chi connectivity index (χ0) is 9.14. The molecule has 12 heavy (non-hydrogen) atoms. The molecule has 1 aromatic rings. The van der Waals surface area contributed by atoms with Gasteiger partial charge in [-0.15, -0.1) is 0 Å². The van der Waals surface area contributed by atoms with Gasteiger partial charge in [0.2, 0.25) is 11.9 Å². The maximum atomic E-state index is 12.3. The van der Waals surface area contributed by atoms with Crippen molar-refractivity contribution < 1.29 is 17.5 Å². The van der Waals surface area contributed by atoms with E-state index in [0.29, 0.717) is 6.07 Å². The standard InChI is InChI=1S/C5H4F2N2O2S/c6-3-1-4(7)9-5(8-3)2-12(10)11/h1H,2H2,(H,10,11). The van der Waals surface area contributed by atoms with Crippen LogP contribution >= 0.6 is 0 Å². The van der Waals surface area contributed by atoms with Gasteiger partial charge in [0.05, 0.1) is 0 Å². The molecule has 4 nitrogen and oxygen atoms in total. The van der Waals surface area contributed by atoms with Gasteiger partial charge in [-0.2, -0.15) is 8.78 Å². The largest absolute Gasteiger partial charge is 0.306 e. The molecule has 0 radical (unpaired) electrons. The Kier molecular flexibility index (Phi) is 2.77. The zero-order valence-corrected chi connectivity index (χ0v) is 6.52. The van der Waals surface area contributed by atoms with Gasteiger partial charge in [0.15, 0.2) is 11.1 Å². The van der Waals surface area contributed by atoms with Crippen LogP contribution in [0.2, 0.25) is 0 Å². The quantitative estimate of drug-likeness (QED) is 0.549. The maximum absolute atomic E-state index is 12.3. The smallest absolute Gasteiger partial charge is 0.219 e. The average molecular weight is 194 g/mol. The molecule has 0 fully saturated rings. The molecule has 0 bridgehead atoms. The second-order valence-electron chi connectivity index (χ2n) is 1.90. The fourth-order valence-corrected chi connectivity index (χ4v) is 0.959. The lowest BCUT2D eigenvalue weighted by molar-refractivity contribution is 0.513. The summed E-state index contributed by atoms with van der Waals surface area (Å²) in [4.78, 5) is 6.21. The van der Waals surface area contributed by atoms with Crippen LogP contribution in [0, 0.1) is 11.9 Å². The number of nitrogens with zero attached hydrogens (tertiary/aromatic N) is 2. The van der Waals surface area contributed by atoms with Crippen molar-refractivity contribution >= 4 is 11.1 Å². The van der Waals surface area contributed by atoms with Crippen LogP contribution in [0.3, 0.4) is 0 Å². The van der Waals surface area contributed by atoms with Crippen molar-refractivity contribution in [1.82, 2.24) is 9.97 Å². The lowest BCUT2D eigenvalue weighted by Gasteiger charge is -1.95. The van der Waals surface area contributed by atoms with Crippen LogP contribution in [0.1, 0.15) is 5.82 Å². The summed E-state index contributed by atoms with van der Waals surface area (Å²) < 4.78 is 43.1. The van der Waals surface area contributed by atoms with E-state index in [1.54, 1.807) is 0 Å². The molecule has 1 heterocycles. The van der Waals surface area contributed by atoms with E-state index in [1.165, 1.54) is 0 Å². The summed E-state index contributed by atoms with van der Waals surface area (Å²) >= 11 is -2.19. The lowest BCUT2D eigenvalue weighted by Crippen LogP contribution is -2.03. The first kappa shape index (κ1) is 9.14. The minimum atomic E-state index is -2.19. The molecule has 1 rings (SSSR count). The van der Waals surface area contributed by atoms with Crippen LogP contribution in [0.25, 0.3) is 0 Å². The van der Waals surface area contributed by atoms with Crippen molar-refractivity contribution in [2.24, 2.45) is 0 Å². The van der Waals surface area contributed by atoms with Crippen LogP contribution in [-0.4, -0.2) is 18.7 Å². The normalized spacial score (nSPS) is 12.9. The van der Waals surface area contributed by atoms with Crippen molar-refractivity contribution in [3.8, 4) is 0 Å². The Morgan fingerprint density at radius 1 is 1.42 bits per heavy atom. The Balaban J connectivity index is 2.93. The number of hydrogen-bond donors (Lipinski definition) is 1. The van der Waals surface area contributed by atoms with Crippen LogP contribution in [0.4, 0.5) is 8.78 Å². The third-order valence-electron chi connectivity index (χ3n) is 0.963. The molecule has 1 atom stereocenters. The first-order valence-electron chi connectivity index (χ1n) is 2.84. The molecule has 0 spiro atoms. The van der Waals surface area contributed by atoms with E-state index >= 15 is 0 Å². The highest BCUT2D eigenvalue weighted by Crippen LogP contribution is 2.00. The highest BCUT2D eigenvalue weighted by molar-refractivity contribution is 7.78. The van der Waals surface area contributed by atoms with Gasteiger partial charge < -0.3 is 4.55 Å². The van der Waals surface area contributed by atoms with E-state index in [1.807, 2.05) is 0 Å². The van der Waals surface area contributed by atoms with Crippen molar-refractivity contribution in [2.45, 2.75) is 5.75 Å². The number of rotatable bonds is 2. The minimum absolute atomic E-state index is 0.326. The van der Waals surface area contributed by atoms with Crippen molar-refractivity contribution in [3.05, 3.63) is 23.8 Å². The summed E-state index contributed by atoms with van der Waals surface area (Å²) in [5.74, 6) is -2.91. The van der Waals surface area contributed by atoms with Crippen LogP contribution in [0.15, 0.2) is 6.07 Å². The SMILES string of the molecule is O=S(O)Cc1nc(F)cc(F)n1. The molecule has 66 valence electrons. The third-order valence-corrected chi connectivity index (χ3v) is 1.47. The molecule has 1 unspecified atom stereocenters. The molecule has 0 aliphatic rings. The molecule has 1 aromatic heterocycles. The van der Waals surface area contributed by atoms with Gasteiger partial charge in [0, 0.05) is 6.07 Å². The van der Waals surface area contributed by atoms with E-state index in [2.05, 4.69) is 9.97 Å². The molecule has 0 saturated heterocycles. The monoisotopic (exact) mass is 194 g/mol. The lowest BCUT2D eigenvalue weighted by atomic mass is 10.6. The fraction of sp³-hybridized carbons (Fsp3) is 0.200. The van der Waals surface area contributed by atoms with Crippen molar-refractivity contribution in [3.63, 3.8) is 0 Å². The predicted molar refractivity (Wildman–Crippen MR) is 36.4 cm³/mol. The van der Waals surface area contributed by atoms with Gasteiger partial charge in [-0.05, 0) is 0 Å². The number of aromatic nitrogens is 2. The molecule has 0 aliphatic heterocycles. The Labute approximate surface area is 68.9 Å². The topological polar surface area (TPSA) is 63.1 Å². The summed E-state index contributed by atoms with van der Waals surface area (Å²) in [5.41, 5.74) is 0. The summed E-state index contributed by atoms with van der Waals surface area (Å²) in [5, 5.41) is 0. The summed E-state index contributed by atoms with van der Waals surface area (Å²) in [7, 11) is 0. The molecule has 0 aromatic carbocycles. The second kappa shape index (κ2) is 3.63. The van der Waals surface area contributed by atoms with Crippen molar-refractivity contribution in [2.75, 3.05) is 0 Å². The summed E-state index contributed by atoms with van der Waals surface area (Å²) in [6, 6.07) is 0.490. The van der Waals surface area contributed by atoms with E-state index in [9.17, 15) is 13.0 Å². The minimum Gasteiger partial charge on any atom is -0.306 e. The van der Waals surface area contributed by atoms with Gasteiger partial charge >= 0.3 is 0 Å². The van der Waals surface area contributed by atoms with Crippen LogP contribution < -0.4 is 0 Å². The molecular formula is C5H4F2N2O2S. The Morgan fingerprint density at radius 2 is 1.92 bits per heavy atom. The fourth-order valence-electron chi connectivity index (χ4n) is 0.609. The number of halogens is 2. The summed E-state index contributed by atoms with van der Waals surface area (Å²) in [6.45, 7) is 0. The van der Waals surface area contributed by atoms with Gasteiger partial charge in [-0.1, -0.05) is 0 Å². The first-order valence-corrected chi connectivity index (χ1v) is 4.12. The second-order valence-corrected chi connectivity index (χ2v) is 2.83. The summed E-state index contributed by atoms with van der Waals surface area (Å²) in [6.07, 6.45) is 0. The van der Waals surface area contributed by atoms with Gasteiger partial charge in [-0.25, -0.2) is 14.2 Å². The molecule has 0 amide bonds. The van der Waals surface area contributed by atoms with Gasteiger partial charge in [0.25, 0.3) is 0 Å². The first-order chi connectivity index (χ1) is 5.58. The van der Waals surface area contributed by atoms with E-state index in [-0.39, 0.29) is 5.82 Å². The third kappa shape index (κ3) is 2.59. The zero-order valence-electron chi connectivity index (χ0n) is 5.70. The Bertz CT molecular complexity index is 300. The van der Waals surface area contributed by atoms with Gasteiger partial charge in [0.1, 0.15) is 11.6 Å². The average Bonchev–Trinajstić information content (AvgIpc) is 1.81. The molecular weight excluding hydrogens is 190 g/mol. The molecule has 0 aliphatic carbocycles. The van der Waals surface area contributed by atoms with Crippen LogP contribution in [0.5, 0.6) is 0 Å². The van der Waals surface area contributed by atoms with E-state index in [0.717, 1.165) is 0 Å². The number of hydrogen-bond acceptors (Lipinski definition) is 3. The maximum Gasteiger partial charge on any atom is 0.219 e. The Morgan fingerprint density at radius 3 is 2.33 bits per heavy atom.